The summed E-state index contributed by atoms with van der Waals surface area (Å²) in [7, 11) is 0. The van der Waals surface area contributed by atoms with Crippen molar-refractivity contribution in [2.75, 3.05) is 13.2 Å². The van der Waals surface area contributed by atoms with Gasteiger partial charge in [-0.2, -0.15) is 0 Å². The predicted octanol–water partition coefficient (Wildman–Crippen LogP) is 23.1. The first-order chi connectivity index (χ1) is 38.5. The van der Waals surface area contributed by atoms with Gasteiger partial charge in [0, 0.05) is 12.8 Å². The highest BCUT2D eigenvalue weighted by atomic mass is 16.5. The molecule has 464 valence electrons. The second kappa shape index (κ2) is 68.1. The average molecular weight is 1100 g/mol. The van der Waals surface area contributed by atoms with Crippen molar-refractivity contribution >= 4 is 11.9 Å². The van der Waals surface area contributed by atoms with E-state index in [1.165, 1.54) is 334 Å². The van der Waals surface area contributed by atoms with E-state index in [4.69, 9.17) is 4.74 Å². The van der Waals surface area contributed by atoms with Crippen LogP contribution in [0.15, 0.2) is 12.2 Å². The van der Waals surface area contributed by atoms with Gasteiger partial charge >= 0.3 is 5.97 Å². The quantitative estimate of drug-likeness (QED) is 0.0320. The molecule has 2 unspecified atom stereocenters. The number of esters is 1. The summed E-state index contributed by atoms with van der Waals surface area (Å²) in [5.41, 5.74) is 0. The Morgan fingerprint density at radius 2 is 0.615 bits per heavy atom. The number of aliphatic hydroxyl groups excluding tert-OH is 2. The lowest BCUT2D eigenvalue weighted by molar-refractivity contribution is -0.143. The fourth-order valence-corrected chi connectivity index (χ4v) is 11.6. The maximum absolute atomic E-state index is 12.5. The first-order valence-electron chi connectivity index (χ1n) is 35.9. The topological polar surface area (TPSA) is 95.9 Å². The zero-order valence-corrected chi connectivity index (χ0v) is 53.2. The minimum Gasteiger partial charge on any atom is -0.466 e. The molecule has 0 aromatic heterocycles. The number of ether oxygens (including phenoxy) is 1. The maximum Gasteiger partial charge on any atom is 0.305 e. The Labute approximate surface area is 489 Å². The minimum atomic E-state index is -0.659. The van der Waals surface area contributed by atoms with Gasteiger partial charge in [-0.3, -0.25) is 9.59 Å². The van der Waals surface area contributed by atoms with Crippen molar-refractivity contribution in [2.24, 2.45) is 0 Å². The van der Waals surface area contributed by atoms with Gasteiger partial charge in [-0.25, -0.2) is 0 Å². The van der Waals surface area contributed by atoms with E-state index in [0.29, 0.717) is 25.9 Å². The van der Waals surface area contributed by atoms with Crippen molar-refractivity contribution in [1.29, 1.82) is 0 Å². The molecular formula is C72H141NO5. The van der Waals surface area contributed by atoms with Gasteiger partial charge in [0.15, 0.2) is 0 Å². The molecule has 0 aliphatic rings. The van der Waals surface area contributed by atoms with E-state index in [0.717, 1.165) is 44.9 Å². The van der Waals surface area contributed by atoms with Gasteiger partial charge in [0.1, 0.15) is 0 Å². The predicted molar refractivity (Wildman–Crippen MR) is 343 cm³/mol. The molecule has 0 saturated carbocycles. The molecule has 0 aromatic carbocycles. The highest BCUT2D eigenvalue weighted by Crippen LogP contribution is 2.20. The van der Waals surface area contributed by atoms with E-state index in [-0.39, 0.29) is 18.5 Å². The van der Waals surface area contributed by atoms with Crippen molar-refractivity contribution < 1.29 is 24.5 Å². The zero-order valence-electron chi connectivity index (χ0n) is 53.2. The van der Waals surface area contributed by atoms with Crippen LogP contribution in [0.4, 0.5) is 0 Å². The Kier molecular flexibility index (Phi) is 66.9. The van der Waals surface area contributed by atoms with E-state index >= 15 is 0 Å². The van der Waals surface area contributed by atoms with Crippen molar-refractivity contribution in [1.82, 2.24) is 5.32 Å². The molecule has 0 fully saturated rings. The summed E-state index contributed by atoms with van der Waals surface area (Å²) in [5, 5.41) is 23.3. The number of unbranched alkanes of at least 4 members (excludes halogenated alkanes) is 55. The summed E-state index contributed by atoms with van der Waals surface area (Å²) in [6.07, 6.45) is 84.3. The second-order valence-corrected chi connectivity index (χ2v) is 24.9. The smallest absolute Gasteiger partial charge is 0.305 e. The van der Waals surface area contributed by atoms with E-state index < -0.39 is 12.1 Å². The van der Waals surface area contributed by atoms with Crippen LogP contribution in [0.3, 0.4) is 0 Å². The van der Waals surface area contributed by atoms with Crippen LogP contribution in [0.2, 0.25) is 0 Å². The molecule has 0 spiro atoms. The number of carbonyl (C=O) groups is 2. The van der Waals surface area contributed by atoms with Crippen LogP contribution in [0.5, 0.6) is 0 Å². The number of carbonyl (C=O) groups excluding carboxylic acids is 2. The van der Waals surface area contributed by atoms with Crippen LogP contribution in [-0.2, 0) is 14.3 Å². The molecule has 6 heteroatoms. The van der Waals surface area contributed by atoms with E-state index in [1.54, 1.807) is 0 Å². The Hall–Kier alpha value is -1.40. The highest BCUT2D eigenvalue weighted by molar-refractivity contribution is 5.76. The molecule has 6 nitrogen and oxygen atoms in total. The second-order valence-electron chi connectivity index (χ2n) is 24.9. The summed E-state index contributed by atoms with van der Waals surface area (Å²) in [6.45, 7) is 4.95. The van der Waals surface area contributed by atoms with Gasteiger partial charge in [-0.15, -0.1) is 0 Å². The number of nitrogens with one attached hydrogen (secondary N) is 1. The Morgan fingerprint density at radius 3 is 0.949 bits per heavy atom. The van der Waals surface area contributed by atoms with Gasteiger partial charge in [0.25, 0.3) is 0 Å². The molecule has 1 amide bonds. The van der Waals surface area contributed by atoms with Gasteiger partial charge in [0.2, 0.25) is 5.91 Å². The lowest BCUT2D eigenvalue weighted by Gasteiger charge is -2.22. The molecule has 0 saturated heterocycles. The van der Waals surface area contributed by atoms with Gasteiger partial charge in [0.05, 0.1) is 25.4 Å². The fraction of sp³-hybridized carbons (Fsp3) is 0.944. The molecule has 0 bridgehead atoms. The lowest BCUT2D eigenvalue weighted by atomic mass is 10.0. The van der Waals surface area contributed by atoms with Gasteiger partial charge in [-0.05, 0) is 44.9 Å². The molecule has 0 aromatic rings. The number of rotatable bonds is 68. The minimum absolute atomic E-state index is 0.0121. The largest absolute Gasteiger partial charge is 0.466 e. The summed E-state index contributed by atoms with van der Waals surface area (Å²) >= 11 is 0. The zero-order chi connectivity index (χ0) is 56.4. The molecular weight excluding hydrogens is 959 g/mol. The molecule has 0 aliphatic heterocycles. The van der Waals surface area contributed by atoms with Crippen LogP contribution in [0.1, 0.15) is 412 Å². The Balaban J connectivity index is 3.30. The van der Waals surface area contributed by atoms with E-state index in [9.17, 15) is 19.8 Å². The molecule has 2 atom stereocenters. The monoisotopic (exact) mass is 1100 g/mol. The Morgan fingerprint density at radius 1 is 0.346 bits per heavy atom. The van der Waals surface area contributed by atoms with E-state index in [2.05, 4.69) is 31.3 Å². The summed E-state index contributed by atoms with van der Waals surface area (Å²) < 4.78 is 5.47. The highest BCUT2D eigenvalue weighted by Gasteiger charge is 2.20. The lowest BCUT2D eigenvalue weighted by Crippen LogP contribution is -2.45. The molecule has 0 heterocycles. The third-order valence-electron chi connectivity index (χ3n) is 17.1. The molecule has 0 radical (unpaired) electrons. The van der Waals surface area contributed by atoms with Crippen LogP contribution in [-0.4, -0.2) is 47.4 Å². The van der Waals surface area contributed by atoms with E-state index in [1.807, 2.05) is 0 Å². The first-order valence-corrected chi connectivity index (χ1v) is 35.9. The van der Waals surface area contributed by atoms with Gasteiger partial charge < -0.3 is 20.3 Å². The molecule has 0 rings (SSSR count). The summed E-state index contributed by atoms with van der Waals surface area (Å²) in [4.78, 5) is 24.5. The van der Waals surface area contributed by atoms with Crippen molar-refractivity contribution in [3.8, 4) is 0 Å². The van der Waals surface area contributed by atoms with Crippen LogP contribution in [0, 0.1) is 0 Å². The van der Waals surface area contributed by atoms with Crippen LogP contribution in [0.25, 0.3) is 0 Å². The number of hydrogen-bond acceptors (Lipinski definition) is 5. The van der Waals surface area contributed by atoms with Crippen molar-refractivity contribution in [3.05, 3.63) is 12.2 Å². The van der Waals surface area contributed by atoms with Crippen LogP contribution >= 0.6 is 0 Å². The summed E-state index contributed by atoms with van der Waals surface area (Å²) in [5.74, 6) is -0.0141. The van der Waals surface area contributed by atoms with Crippen molar-refractivity contribution in [3.63, 3.8) is 0 Å². The fourth-order valence-electron chi connectivity index (χ4n) is 11.6. The molecule has 78 heavy (non-hydrogen) atoms. The first kappa shape index (κ1) is 76.6. The average Bonchev–Trinajstić information content (AvgIpc) is 3.44. The normalized spacial score (nSPS) is 12.5. The molecule has 3 N–H and O–H groups in total. The Bertz CT molecular complexity index is 1180. The van der Waals surface area contributed by atoms with Gasteiger partial charge in [-0.1, -0.05) is 366 Å². The standard InChI is InChI=1S/C72H141NO5/c1-3-5-7-9-11-13-15-16-38-41-45-48-52-56-60-64-70(75)69(68-74)73-71(76)65-61-57-53-49-46-42-39-36-34-32-30-28-26-24-22-20-18-17-19-21-23-25-27-29-31-33-35-37-40-43-47-51-55-59-63-67-78-72(77)66-62-58-54-50-44-14-12-10-8-6-4-2/h10,12,69-70,74-75H,3-9,11,13-68H2,1-2H3,(H,73,76)/b12-10-. The third-order valence-corrected chi connectivity index (χ3v) is 17.1. The number of allylic oxidation sites excluding steroid dienone is 2. The number of amides is 1. The number of hydrogen-bond donors (Lipinski definition) is 3. The molecule has 0 aliphatic carbocycles. The summed E-state index contributed by atoms with van der Waals surface area (Å²) in [6, 6.07) is -0.536. The third kappa shape index (κ3) is 63.8. The van der Waals surface area contributed by atoms with Crippen LogP contribution < -0.4 is 5.32 Å². The van der Waals surface area contributed by atoms with Crippen molar-refractivity contribution in [2.45, 2.75) is 424 Å². The number of aliphatic hydroxyl groups is 2. The maximum atomic E-state index is 12.5. The SMILES string of the molecule is CCCC/C=C\CCCCCCCC(=O)OCCCCCCCCCCCCCCCCCCCCCCCCCCCCCCCCCCCCCC(=O)NC(CO)C(O)CCCCCCCCCCCCCCCCC.